The highest BCUT2D eigenvalue weighted by Crippen LogP contribution is 2.22. The highest BCUT2D eigenvalue weighted by molar-refractivity contribution is 6.06. The molecule has 3 aromatic carbocycles. The van der Waals surface area contributed by atoms with Gasteiger partial charge in [-0.1, -0.05) is 60.2 Å². The lowest BCUT2D eigenvalue weighted by Crippen LogP contribution is -2.38. The minimum Gasteiger partial charge on any atom is -0.379 e. The summed E-state index contributed by atoms with van der Waals surface area (Å²) in [6, 6.07) is 25.3. The molecule has 188 valence electrons. The van der Waals surface area contributed by atoms with Crippen LogP contribution >= 0.6 is 0 Å². The topological polar surface area (TPSA) is 61.9 Å². The molecule has 6 heteroatoms. The van der Waals surface area contributed by atoms with Crippen LogP contribution in [0.15, 0.2) is 78.9 Å². The first-order valence-corrected chi connectivity index (χ1v) is 12.7. The molecular formula is C30H35N3O3. The van der Waals surface area contributed by atoms with Gasteiger partial charge in [0.25, 0.3) is 5.91 Å². The molecule has 3 aromatic rings. The Kier molecular flexibility index (Phi) is 9.25. The van der Waals surface area contributed by atoms with Gasteiger partial charge in [-0.2, -0.15) is 0 Å². The van der Waals surface area contributed by atoms with Crippen molar-refractivity contribution in [1.82, 2.24) is 10.2 Å². The zero-order valence-electron chi connectivity index (χ0n) is 21.0. The second kappa shape index (κ2) is 13.0. The Hall–Kier alpha value is -3.48. The molecule has 0 bridgehead atoms. The Morgan fingerprint density at radius 3 is 2.39 bits per heavy atom. The van der Waals surface area contributed by atoms with Crippen molar-refractivity contribution in [2.45, 2.75) is 26.3 Å². The number of hydrogen-bond donors (Lipinski definition) is 1. The smallest absolute Gasteiger partial charge is 0.258 e. The van der Waals surface area contributed by atoms with Crippen LogP contribution in [0.25, 0.3) is 0 Å². The molecule has 36 heavy (non-hydrogen) atoms. The second-order valence-corrected chi connectivity index (χ2v) is 9.25. The minimum atomic E-state index is -0.0661. The van der Waals surface area contributed by atoms with Crippen molar-refractivity contribution in [2.75, 3.05) is 44.3 Å². The van der Waals surface area contributed by atoms with Gasteiger partial charge in [0.15, 0.2) is 0 Å². The number of aryl methyl sites for hydroxylation is 1. The first-order chi connectivity index (χ1) is 17.6. The summed E-state index contributed by atoms with van der Waals surface area (Å²) in [7, 11) is 0. The first kappa shape index (κ1) is 25.6. The van der Waals surface area contributed by atoms with Gasteiger partial charge in [-0.25, -0.2) is 0 Å². The van der Waals surface area contributed by atoms with Crippen LogP contribution in [0.3, 0.4) is 0 Å². The summed E-state index contributed by atoms with van der Waals surface area (Å²) in [5.41, 5.74) is 4.45. The third-order valence-electron chi connectivity index (χ3n) is 6.39. The predicted octanol–water partition coefficient (Wildman–Crippen LogP) is 4.22. The number of morpholine rings is 1. The molecule has 6 nitrogen and oxygen atoms in total. The lowest BCUT2D eigenvalue weighted by atomic mass is 10.1. The normalized spacial score (nSPS) is 13.8. The average Bonchev–Trinajstić information content (AvgIpc) is 2.91. The van der Waals surface area contributed by atoms with Crippen molar-refractivity contribution in [3.63, 3.8) is 0 Å². The molecule has 1 N–H and O–H groups in total. The molecular weight excluding hydrogens is 450 g/mol. The molecule has 2 amide bonds. The number of ether oxygens (including phenoxy) is 1. The maximum Gasteiger partial charge on any atom is 0.258 e. The van der Waals surface area contributed by atoms with Crippen molar-refractivity contribution in [3.8, 4) is 0 Å². The van der Waals surface area contributed by atoms with Crippen molar-refractivity contribution >= 4 is 17.5 Å². The number of amides is 2. The fraction of sp³-hybridized carbons (Fsp3) is 0.333. The number of benzene rings is 3. The highest BCUT2D eigenvalue weighted by Gasteiger charge is 2.19. The van der Waals surface area contributed by atoms with Crippen LogP contribution in [0.5, 0.6) is 0 Å². The van der Waals surface area contributed by atoms with E-state index in [1.165, 1.54) is 0 Å². The molecule has 0 saturated carbocycles. The predicted molar refractivity (Wildman–Crippen MR) is 143 cm³/mol. The summed E-state index contributed by atoms with van der Waals surface area (Å²) in [4.78, 5) is 30.3. The van der Waals surface area contributed by atoms with E-state index >= 15 is 0 Å². The number of nitrogens with zero attached hydrogens (tertiary/aromatic N) is 2. The Labute approximate surface area is 213 Å². The van der Waals surface area contributed by atoms with E-state index in [4.69, 9.17) is 4.74 Å². The van der Waals surface area contributed by atoms with Crippen LogP contribution in [-0.4, -0.2) is 56.1 Å². The molecule has 4 rings (SSSR count). The van der Waals surface area contributed by atoms with E-state index in [1.54, 1.807) is 4.90 Å². The maximum absolute atomic E-state index is 13.5. The fourth-order valence-corrected chi connectivity index (χ4v) is 4.34. The van der Waals surface area contributed by atoms with Crippen LogP contribution < -0.4 is 10.2 Å². The summed E-state index contributed by atoms with van der Waals surface area (Å²) in [5, 5.41) is 3.04. The number of nitrogens with one attached hydrogen (secondary N) is 1. The van der Waals surface area contributed by atoms with E-state index in [0.717, 1.165) is 61.6 Å². The molecule has 1 fully saturated rings. The van der Waals surface area contributed by atoms with E-state index in [0.29, 0.717) is 18.7 Å². The third kappa shape index (κ3) is 7.51. The number of anilines is 1. The Morgan fingerprint density at radius 1 is 0.917 bits per heavy atom. The van der Waals surface area contributed by atoms with E-state index in [2.05, 4.69) is 10.2 Å². The fourth-order valence-electron chi connectivity index (χ4n) is 4.34. The largest absolute Gasteiger partial charge is 0.379 e. The lowest BCUT2D eigenvalue weighted by Gasteiger charge is -2.26. The lowest BCUT2D eigenvalue weighted by molar-refractivity contribution is -0.120. The average molecular weight is 486 g/mol. The Bertz CT molecular complexity index is 1130. The number of hydrogen-bond acceptors (Lipinski definition) is 4. The Morgan fingerprint density at radius 2 is 1.64 bits per heavy atom. The Balaban J connectivity index is 1.41. The van der Waals surface area contributed by atoms with Crippen LogP contribution in [0, 0.1) is 6.92 Å². The summed E-state index contributed by atoms with van der Waals surface area (Å²) in [5.74, 6) is -0.0721. The molecule has 0 unspecified atom stereocenters. The molecule has 1 saturated heterocycles. The molecule has 1 aliphatic heterocycles. The second-order valence-electron chi connectivity index (χ2n) is 9.25. The monoisotopic (exact) mass is 485 g/mol. The molecule has 1 heterocycles. The van der Waals surface area contributed by atoms with Crippen LogP contribution in [0.2, 0.25) is 0 Å². The third-order valence-corrected chi connectivity index (χ3v) is 6.39. The number of carbonyl (C=O) groups is 2. The SMILES string of the molecule is Cc1ccc(C(=O)N(Cc2ccccc2)c2cccc(CC(=O)NCCCN3CCOCC3)c2)cc1. The molecule has 0 aliphatic carbocycles. The molecule has 0 radical (unpaired) electrons. The van der Waals surface area contributed by atoms with Crippen LogP contribution in [-0.2, 0) is 22.5 Å². The van der Waals surface area contributed by atoms with Gasteiger partial charge >= 0.3 is 0 Å². The minimum absolute atomic E-state index is 0.00593. The molecule has 0 spiro atoms. The van der Waals surface area contributed by atoms with Gasteiger partial charge in [0.1, 0.15) is 0 Å². The van der Waals surface area contributed by atoms with E-state index < -0.39 is 0 Å². The van der Waals surface area contributed by atoms with Gasteiger partial charge in [-0.15, -0.1) is 0 Å². The highest BCUT2D eigenvalue weighted by atomic mass is 16.5. The summed E-state index contributed by atoms with van der Waals surface area (Å²) >= 11 is 0. The molecule has 1 aliphatic rings. The van der Waals surface area contributed by atoms with Gasteiger partial charge < -0.3 is 15.0 Å². The number of rotatable bonds is 10. The van der Waals surface area contributed by atoms with Gasteiger partial charge in [-0.05, 0) is 55.3 Å². The van der Waals surface area contributed by atoms with Crippen molar-refractivity contribution in [2.24, 2.45) is 0 Å². The van der Waals surface area contributed by atoms with Crippen molar-refractivity contribution < 1.29 is 14.3 Å². The van der Waals surface area contributed by atoms with E-state index in [9.17, 15) is 9.59 Å². The maximum atomic E-state index is 13.5. The van der Waals surface area contributed by atoms with Crippen LogP contribution in [0.4, 0.5) is 5.69 Å². The summed E-state index contributed by atoms with van der Waals surface area (Å²) in [6.07, 6.45) is 1.20. The zero-order chi connectivity index (χ0) is 25.2. The van der Waals surface area contributed by atoms with E-state index in [-0.39, 0.29) is 18.2 Å². The van der Waals surface area contributed by atoms with Gasteiger partial charge in [-0.3, -0.25) is 14.5 Å². The van der Waals surface area contributed by atoms with Crippen LogP contribution in [0.1, 0.15) is 33.5 Å². The van der Waals surface area contributed by atoms with Crippen molar-refractivity contribution in [3.05, 3.63) is 101 Å². The number of carbonyl (C=O) groups excluding carboxylic acids is 2. The first-order valence-electron chi connectivity index (χ1n) is 12.7. The molecule has 0 atom stereocenters. The van der Waals surface area contributed by atoms with Gasteiger partial charge in [0.2, 0.25) is 5.91 Å². The zero-order valence-corrected chi connectivity index (χ0v) is 21.0. The van der Waals surface area contributed by atoms with Gasteiger partial charge in [0, 0.05) is 30.9 Å². The quantitative estimate of drug-likeness (QED) is 0.437. The standard InChI is InChI=1S/C30H35N3O3/c1-24-11-13-27(14-12-24)30(35)33(23-25-7-3-2-4-8-25)28-10-5-9-26(21-28)22-29(34)31-15-6-16-32-17-19-36-20-18-32/h2-5,7-14,21H,6,15-20,22-23H2,1H3,(H,31,34). The summed E-state index contributed by atoms with van der Waals surface area (Å²) in [6.45, 7) is 7.57. The molecule has 0 aromatic heterocycles. The van der Waals surface area contributed by atoms with E-state index in [1.807, 2.05) is 85.8 Å². The van der Waals surface area contributed by atoms with Crippen molar-refractivity contribution in [1.29, 1.82) is 0 Å². The van der Waals surface area contributed by atoms with Gasteiger partial charge in [0.05, 0.1) is 26.2 Å². The summed E-state index contributed by atoms with van der Waals surface area (Å²) < 4.78 is 5.38.